The third kappa shape index (κ3) is 2.88. The molecule has 1 aromatic heterocycles. The molecule has 1 fully saturated rings. The van der Waals surface area contributed by atoms with Gasteiger partial charge in [-0.05, 0) is 37.1 Å². The minimum atomic E-state index is -0.202. The Kier molecular flexibility index (Phi) is 3.54. The maximum absolute atomic E-state index is 12.5. The lowest BCUT2D eigenvalue weighted by molar-refractivity contribution is 0.0949. The lowest BCUT2D eigenvalue weighted by Gasteiger charge is -2.07. The van der Waals surface area contributed by atoms with Gasteiger partial charge in [-0.15, -0.1) is 0 Å². The second kappa shape index (κ2) is 5.85. The fourth-order valence-corrected chi connectivity index (χ4v) is 2.69. The third-order valence-corrected chi connectivity index (χ3v) is 4.13. The maximum Gasteiger partial charge on any atom is 0.257 e. The highest BCUT2D eigenvalue weighted by Crippen LogP contribution is 2.21. The monoisotopic (exact) mass is 319 g/mol. The number of para-hydroxylation sites is 1. The van der Waals surface area contributed by atoms with E-state index in [1.165, 1.54) is 0 Å². The first kappa shape index (κ1) is 14.5. The Morgan fingerprint density at radius 3 is 2.67 bits per heavy atom. The summed E-state index contributed by atoms with van der Waals surface area (Å²) < 4.78 is 0. The van der Waals surface area contributed by atoms with Gasteiger partial charge in [0.15, 0.2) is 0 Å². The molecule has 24 heavy (non-hydrogen) atoms. The topological polar surface area (TPSA) is 74.0 Å². The summed E-state index contributed by atoms with van der Waals surface area (Å²) in [5.74, 6) is -0.298. The molecular weight excluding hydrogens is 302 g/mol. The first-order chi connectivity index (χ1) is 11.7. The summed E-state index contributed by atoms with van der Waals surface area (Å²) in [7, 11) is 0. The lowest BCUT2D eigenvalue weighted by atomic mass is 10.1. The number of rotatable bonds is 4. The van der Waals surface area contributed by atoms with E-state index in [1.807, 2.05) is 24.3 Å². The average molecular weight is 319 g/mol. The quantitative estimate of drug-likeness (QED) is 0.690. The molecule has 0 radical (unpaired) electrons. The molecule has 0 unspecified atom stereocenters. The van der Waals surface area contributed by atoms with Gasteiger partial charge >= 0.3 is 0 Å². The van der Waals surface area contributed by atoms with Crippen molar-refractivity contribution in [1.29, 1.82) is 0 Å². The van der Waals surface area contributed by atoms with Crippen LogP contribution in [-0.2, 0) is 0 Å². The smallest absolute Gasteiger partial charge is 0.257 e. The fraction of sp³-hybridized carbons (Fsp3) is 0.158. The second-order valence-corrected chi connectivity index (χ2v) is 6.03. The SMILES string of the molecule is O=C(NC1CC1)c1cccc(NC(=O)c2c[nH]c3ccccc23)c1. The van der Waals surface area contributed by atoms with Crippen molar-refractivity contribution in [2.45, 2.75) is 18.9 Å². The number of aromatic nitrogens is 1. The number of anilines is 1. The number of nitrogens with one attached hydrogen (secondary N) is 3. The molecule has 3 aromatic rings. The van der Waals surface area contributed by atoms with Gasteiger partial charge in [0, 0.05) is 34.4 Å². The highest BCUT2D eigenvalue weighted by atomic mass is 16.2. The largest absolute Gasteiger partial charge is 0.360 e. The van der Waals surface area contributed by atoms with Crippen LogP contribution in [0.5, 0.6) is 0 Å². The number of benzene rings is 2. The van der Waals surface area contributed by atoms with Crippen LogP contribution in [0, 0.1) is 0 Å². The van der Waals surface area contributed by atoms with Gasteiger partial charge in [0.05, 0.1) is 5.56 Å². The number of carbonyl (C=O) groups is 2. The Labute approximate surface area is 139 Å². The molecule has 1 aliphatic rings. The van der Waals surface area contributed by atoms with Gasteiger partial charge in [0.25, 0.3) is 11.8 Å². The second-order valence-electron chi connectivity index (χ2n) is 6.03. The molecule has 120 valence electrons. The summed E-state index contributed by atoms with van der Waals surface area (Å²) in [6.45, 7) is 0. The van der Waals surface area contributed by atoms with Crippen molar-refractivity contribution in [3.8, 4) is 0 Å². The molecule has 5 nitrogen and oxygen atoms in total. The lowest BCUT2D eigenvalue weighted by Crippen LogP contribution is -2.25. The summed E-state index contributed by atoms with van der Waals surface area (Å²) >= 11 is 0. The minimum Gasteiger partial charge on any atom is -0.360 e. The Balaban J connectivity index is 1.54. The molecule has 0 aliphatic heterocycles. The molecule has 2 aromatic carbocycles. The van der Waals surface area contributed by atoms with Gasteiger partial charge in [0.1, 0.15) is 0 Å². The molecule has 5 heteroatoms. The van der Waals surface area contributed by atoms with E-state index in [0.717, 1.165) is 23.7 Å². The summed E-state index contributed by atoms with van der Waals surface area (Å²) in [4.78, 5) is 27.7. The molecular formula is C19H17N3O2. The van der Waals surface area contributed by atoms with Gasteiger partial charge < -0.3 is 15.6 Å². The van der Waals surface area contributed by atoms with E-state index >= 15 is 0 Å². The number of fused-ring (bicyclic) bond motifs is 1. The van der Waals surface area contributed by atoms with E-state index in [2.05, 4.69) is 15.6 Å². The Bertz CT molecular complexity index is 925. The molecule has 3 N–H and O–H groups in total. The van der Waals surface area contributed by atoms with Gasteiger partial charge in [-0.1, -0.05) is 24.3 Å². The Morgan fingerprint density at radius 2 is 1.83 bits per heavy atom. The first-order valence-electron chi connectivity index (χ1n) is 7.99. The van der Waals surface area contributed by atoms with Crippen LogP contribution in [0.4, 0.5) is 5.69 Å². The van der Waals surface area contributed by atoms with Crippen molar-refractivity contribution < 1.29 is 9.59 Å². The van der Waals surface area contributed by atoms with Crippen LogP contribution in [0.3, 0.4) is 0 Å². The van der Waals surface area contributed by atoms with Gasteiger partial charge in [0.2, 0.25) is 0 Å². The zero-order valence-electron chi connectivity index (χ0n) is 13.0. The van der Waals surface area contributed by atoms with Crippen molar-refractivity contribution in [1.82, 2.24) is 10.3 Å². The van der Waals surface area contributed by atoms with E-state index < -0.39 is 0 Å². The van der Waals surface area contributed by atoms with E-state index in [9.17, 15) is 9.59 Å². The van der Waals surface area contributed by atoms with Crippen LogP contribution in [0.25, 0.3) is 10.9 Å². The molecule has 0 bridgehead atoms. The van der Waals surface area contributed by atoms with Crippen molar-refractivity contribution in [2.24, 2.45) is 0 Å². The molecule has 1 heterocycles. The fourth-order valence-electron chi connectivity index (χ4n) is 2.69. The number of hydrogen-bond acceptors (Lipinski definition) is 2. The van der Waals surface area contributed by atoms with Crippen LogP contribution < -0.4 is 10.6 Å². The summed E-state index contributed by atoms with van der Waals surface area (Å²) in [5, 5.41) is 6.68. The standard InChI is InChI=1S/C19H17N3O2/c23-18(21-13-8-9-13)12-4-3-5-14(10-12)22-19(24)16-11-20-17-7-2-1-6-15(16)17/h1-7,10-11,13,20H,8-9H2,(H,21,23)(H,22,24). The Hall–Kier alpha value is -3.08. The molecule has 1 aliphatic carbocycles. The van der Waals surface area contributed by atoms with E-state index in [-0.39, 0.29) is 11.8 Å². The predicted molar refractivity (Wildman–Crippen MR) is 93.2 cm³/mol. The average Bonchev–Trinajstić information content (AvgIpc) is 3.30. The number of aromatic amines is 1. The third-order valence-electron chi connectivity index (χ3n) is 4.13. The van der Waals surface area contributed by atoms with E-state index in [0.29, 0.717) is 22.9 Å². The summed E-state index contributed by atoms with van der Waals surface area (Å²) in [5.41, 5.74) is 2.66. The normalized spacial score (nSPS) is 13.7. The predicted octanol–water partition coefficient (Wildman–Crippen LogP) is 3.31. The van der Waals surface area contributed by atoms with Crippen LogP contribution >= 0.6 is 0 Å². The zero-order valence-corrected chi connectivity index (χ0v) is 13.0. The molecule has 0 spiro atoms. The zero-order chi connectivity index (χ0) is 16.5. The number of hydrogen-bond donors (Lipinski definition) is 3. The highest BCUT2D eigenvalue weighted by molar-refractivity contribution is 6.13. The molecule has 0 atom stereocenters. The number of H-pyrrole nitrogens is 1. The molecule has 1 saturated carbocycles. The van der Waals surface area contributed by atoms with Crippen LogP contribution in [0.1, 0.15) is 33.6 Å². The molecule has 0 saturated heterocycles. The molecule has 2 amide bonds. The maximum atomic E-state index is 12.5. The summed E-state index contributed by atoms with van der Waals surface area (Å²) in [6.07, 6.45) is 3.79. The Morgan fingerprint density at radius 1 is 1.00 bits per heavy atom. The highest BCUT2D eigenvalue weighted by Gasteiger charge is 2.23. The van der Waals surface area contributed by atoms with Crippen LogP contribution in [0.2, 0.25) is 0 Å². The van der Waals surface area contributed by atoms with Crippen molar-refractivity contribution >= 4 is 28.4 Å². The van der Waals surface area contributed by atoms with E-state index in [4.69, 9.17) is 0 Å². The first-order valence-corrected chi connectivity index (χ1v) is 7.99. The van der Waals surface area contributed by atoms with Crippen molar-refractivity contribution in [3.05, 3.63) is 65.9 Å². The van der Waals surface area contributed by atoms with Gasteiger partial charge in [-0.25, -0.2) is 0 Å². The number of amides is 2. The van der Waals surface area contributed by atoms with E-state index in [1.54, 1.807) is 30.5 Å². The van der Waals surface area contributed by atoms with Gasteiger partial charge in [-0.3, -0.25) is 9.59 Å². The van der Waals surface area contributed by atoms with Crippen LogP contribution in [0.15, 0.2) is 54.7 Å². The van der Waals surface area contributed by atoms with Crippen LogP contribution in [-0.4, -0.2) is 22.8 Å². The van der Waals surface area contributed by atoms with Crippen molar-refractivity contribution in [3.63, 3.8) is 0 Å². The molecule has 4 rings (SSSR count). The minimum absolute atomic E-state index is 0.0966. The van der Waals surface area contributed by atoms with Gasteiger partial charge in [-0.2, -0.15) is 0 Å². The van der Waals surface area contributed by atoms with Crippen molar-refractivity contribution in [2.75, 3.05) is 5.32 Å². The summed E-state index contributed by atoms with van der Waals surface area (Å²) in [6, 6.07) is 15.0. The number of carbonyl (C=O) groups excluding carboxylic acids is 2.